The number of nitrogens with two attached hydrogens (primary N) is 1. The van der Waals surface area contributed by atoms with Crippen molar-refractivity contribution in [2.24, 2.45) is 5.73 Å². The highest BCUT2D eigenvalue weighted by molar-refractivity contribution is 7.99. The van der Waals surface area contributed by atoms with Crippen LogP contribution < -0.4 is 15.2 Å². The van der Waals surface area contributed by atoms with Crippen LogP contribution in [-0.2, 0) is 6.42 Å². The molecular formula is C15H24ClNO2S. The lowest BCUT2D eigenvalue weighted by atomic mass is 10.1. The summed E-state index contributed by atoms with van der Waals surface area (Å²) in [6.07, 6.45) is 1.77. The zero-order chi connectivity index (χ0) is 15.0. The van der Waals surface area contributed by atoms with Gasteiger partial charge >= 0.3 is 0 Å². The molecule has 0 saturated carbocycles. The van der Waals surface area contributed by atoms with Crippen molar-refractivity contribution in [3.63, 3.8) is 0 Å². The van der Waals surface area contributed by atoms with Gasteiger partial charge in [-0.1, -0.05) is 18.5 Å². The van der Waals surface area contributed by atoms with E-state index in [4.69, 9.17) is 26.8 Å². The number of benzene rings is 1. The molecular weight excluding hydrogens is 294 g/mol. The van der Waals surface area contributed by atoms with E-state index in [1.165, 1.54) is 0 Å². The molecule has 0 radical (unpaired) electrons. The summed E-state index contributed by atoms with van der Waals surface area (Å²) in [6, 6.07) is 3.95. The van der Waals surface area contributed by atoms with Crippen molar-refractivity contribution in [1.29, 1.82) is 0 Å². The molecule has 0 saturated heterocycles. The first-order valence-corrected chi connectivity index (χ1v) is 8.44. The van der Waals surface area contributed by atoms with Crippen LogP contribution >= 0.6 is 23.4 Å². The molecule has 0 amide bonds. The highest BCUT2D eigenvalue weighted by Crippen LogP contribution is 2.36. The molecule has 0 bridgehead atoms. The van der Waals surface area contributed by atoms with Crippen LogP contribution in [0.3, 0.4) is 0 Å². The Morgan fingerprint density at radius 2 is 2.15 bits per heavy atom. The molecule has 0 aliphatic heterocycles. The first-order valence-electron chi connectivity index (χ1n) is 6.91. The minimum absolute atomic E-state index is 0.0913. The first kappa shape index (κ1) is 17.5. The lowest BCUT2D eigenvalue weighted by Gasteiger charge is -2.15. The molecule has 2 N–H and O–H groups in total. The molecule has 1 atom stereocenters. The van der Waals surface area contributed by atoms with Crippen LogP contribution in [0.15, 0.2) is 12.1 Å². The van der Waals surface area contributed by atoms with E-state index in [0.717, 1.165) is 29.9 Å². The monoisotopic (exact) mass is 317 g/mol. The Kier molecular flexibility index (Phi) is 8.19. The summed E-state index contributed by atoms with van der Waals surface area (Å²) in [4.78, 5) is 0. The van der Waals surface area contributed by atoms with Crippen LogP contribution in [0.2, 0.25) is 5.02 Å². The predicted octanol–water partition coefficient (Wildman–Crippen LogP) is 3.76. The van der Waals surface area contributed by atoms with Crippen molar-refractivity contribution >= 4 is 23.4 Å². The summed E-state index contributed by atoms with van der Waals surface area (Å²) in [7, 11) is 1.63. The molecule has 1 rings (SSSR count). The third-order valence-corrected chi connectivity index (χ3v) is 4.00. The molecule has 0 aliphatic rings. The van der Waals surface area contributed by atoms with Crippen LogP contribution in [0.1, 0.15) is 25.8 Å². The molecule has 5 heteroatoms. The minimum Gasteiger partial charge on any atom is -0.493 e. The van der Waals surface area contributed by atoms with E-state index in [0.29, 0.717) is 23.1 Å². The smallest absolute Gasteiger partial charge is 0.179 e. The summed E-state index contributed by atoms with van der Waals surface area (Å²) in [5.74, 6) is 3.54. The molecule has 0 heterocycles. The number of hydrogen-bond acceptors (Lipinski definition) is 4. The van der Waals surface area contributed by atoms with E-state index in [-0.39, 0.29) is 6.04 Å². The van der Waals surface area contributed by atoms with Crippen molar-refractivity contribution in [1.82, 2.24) is 0 Å². The van der Waals surface area contributed by atoms with Gasteiger partial charge in [0.25, 0.3) is 0 Å². The highest BCUT2D eigenvalue weighted by Gasteiger charge is 2.12. The lowest BCUT2D eigenvalue weighted by Crippen LogP contribution is -2.17. The third-order valence-electron chi connectivity index (χ3n) is 2.73. The standard InChI is InChI=1S/C15H24ClNO2S/c1-4-20-7-5-6-19-15-13(16)9-12(8-11(2)17)10-14(15)18-3/h9-11H,4-8,17H2,1-3H3. The zero-order valence-corrected chi connectivity index (χ0v) is 14.0. The van der Waals surface area contributed by atoms with Crippen molar-refractivity contribution in [2.75, 3.05) is 25.2 Å². The van der Waals surface area contributed by atoms with Crippen LogP contribution in [0.4, 0.5) is 0 Å². The van der Waals surface area contributed by atoms with E-state index in [9.17, 15) is 0 Å². The van der Waals surface area contributed by atoms with Crippen molar-refractivity contribution in [2.45, 2.75) is 32.7 Å². The Balaban J connectivity index is 2.69. The fourth-order valence-corrected chi connectivity index (χ4v) is 2.78. The molecule has 1 aromatic carbocycles. The summed E-state index contributed by atoms with van der Waals surface area (Å²) >= 11 is 8.19. The average Bonchev–Trinajstić information content (AvgIpc) is 2.39. The molecule has 1 aromatic rings. The van der Waals surface area contributed by atoms with Crippen molar-refractivity contribution in [3.8, 4) is 11.5 Å². The van der Waals surface area contributed by atoms with Crippen LogP contribution in [0, 0.1) is 0 Å². The van der Waals surface area contributed by atoms with Gasteiger partial charge in [0.05, 0.1) is 18.7 Å². The van der Waals surface area contributed by atoms with Gasteiger partial charge in [0.15, 0.2) is 11.5 Å². The van der Waals surface area contributed by atoms with Gasteiger partial charge in [-0.15, -0.1) is 0 Å². The molecule has 0 spiro atoms. The first-order chi connectivity index (χ1) is 9.58. The predicted molar refractivity (Wildman–Crippen MR) is 88.5 cm³/mol. The maximum absolute atomic E-state index is 6.29. The van der Waals surface area contributed by atoms with Gasteiger partial charge in [-0.2, -0.15) is 11.8 Å². The van der Waals surface area contributed by atoms with Crippen LogP contribution in [-0.4, -0.2) is 31.3 Å². The number of thioether (sulfide) groups is 1. The highest BCUT2D eigenvalue weighted by atomic mass is 35.5. The van der Waals surface area contributed by atoms with E-state index in [1.54, 1.807) is 7.11 Å². The van der Waals surface area contributed by atoms with Gasteiger partial charge in [0.2, 0.25) is 0 Å². The molecule has 114 valence electrons. The van der Waals surface area contributed by atoms with Gasteiger partial charge in [-0.05, 0) is 49.0 Å². The van der Waals surface area contributed by atoms with Gasteiger partial charge in [0.1, 0.15) is 0 Å². The molecule has 3 nitrogen and oxygen atoms in total. The van der Waals surface area contributed by atoms with E-state index in [1.807, 2.05) is 30.8 Å². The largest absolute Gasteiger partial charge is 0.493 e. The summed E-state index contributed by atoms with van der Waals surface area (Å²) in [5.41, 5.74) is 6.88. The van der Waals surface area contributed by atoms with Crippen LogP contribution in [0.25, 0.3) is 0 Å². The molecule has 1 unspecified atom stereocenters. The van der Waals surface area contributed by atoms with Gasteiger partial charge in [0, 0.05) is 6.04 Å². The van der Waals surface area contributed by atoms with E-state index >= 15 is 0 Å². The number of rotatable bonds is 9. The second-order valence-corrected chi connectivity index (χ2v) is 6.49. The van der Waals surface area contributed by atoms with Crippen molar-refractivity contribution in [3.05, 3.63) is 22.7 Å². The maximum Gasteiger partial charge on any atom is 0.179 e. The maximum atomic E-state index is 6.29. The topological polar surface area (TPSA) is 44.5 Å². The Bertz CT molecular complexity index is 413. The minimum atomic E-state index is 0.0913. The number of methoxy groups -OCH3 is 1. The summed E-state index contributed by atoms with van der Waals surface area (Å²) < 4.78 is 11.1. The molecule has 0 aliphatic carbocycles. The second kappa shape index (κ2) is 9.37. The SMILES string of the molecule is CCSCCCOc1c(Cl)cc(CC(C)N)cc1OC. The third kappa shape index (κ3) is 5.81. The molecule has 20 heavy (non-hydrogen) atoms. The number of hydrogen-bond donors (Lipinski definition) is 1. The van der Waals surface area contributed by atoms with Gasteiger partial charge in [-0.3, -0.25) is 0 Å². The second-order valence-electron chi connectivity index (χ2n) is 4.69. The Morgan fingerprint density at radius 3 is 2.75 bits per heavy atom. The fraction of sp³-hybridized carbons (Fsp3) is 0.600. The number of halogens is 1. The van der Waals surface area contributed by atoms with Gasteiger partial charge in [-0.25, -0.2) is 0 Å². The average molecular weight is 318 g/mol. The lowest BCUT2D eigenvalue weighted by molar-refractivity contribution is 0.295. The van der Waals surface area contributed by atoms with Gasteiger partial charge < -0.3 is 15.2 Å². The van der Waals surface area contributed by atoms with E-state index in [2.05, 4.69) is 6.92 Å². The fourth-order valence-electron chi connectivity index (χ4n) is 1.88. The molecule has 0 aromatic heterocycles. The van der Waals surface area contributed by atoms with Crippen molar-refractivity contribution < 1.29 is 9.47 Å². The number of ether oxygens (including phenoxy) is 2. The quantitative estimate of drug-likeness (QED) is 0.704. The molecule has 0 fully saturated rings. The summed E-state index contributed by atoms with van der Waals surface area (Å²) in [6.45, 7) is 4.77. The van der Waals surface area contributed by atoms with Crippen LogP contribution in [0.5, 0.6) is 11.5 Å². The normalized spacial score (nSPS) is 12.2. The Hall–Kier alpha value is -0.580. The Morgan fingerprint density at radius 1 is 1.40 bits per heavy atom. The Labute approximate surface area is 131 Å². The summed E-state index contributed by atoms with van der Waals surface area (Å²) in [5, 5.41) is 0.586. The van der Waals surface area contributed by atoms with E-state index < -0.39 is 0 Å². The zero-order valence-electron chi connectivity index (χ0n) is 12.4.